The minimum absolute atomic E-state index is 0.202. The molecule has 2 rings (SSSR count). The fourth-order valence-corrected chi connectivity index (χ4v) is 2.31. The zero-order chi connectivity index (χ0) is 12.8. The van der Waals surface area contributed by atoms with Crippen molar-refractivity contribution in [2.24, 2.45) is 10.4 Å². The van der Waals surface area contributed by atoms with E-state index in [0.29, 0.717) is 11.4 Å². The maximum absolute atomic E-state index is 11.0. The molecule has 8 heteroatoms. The van der Waals surface area contributed by atoms with E-state index in [0.717, 1.165) is 0 Å². The number of rotatable bonds is 1. The molecule has 1 aliphatic heterocycles. The van der Waals surface area contributed by atoms with Crippen LogP contribution < -0.4 is 0 Å². The molecule has 0 bridgehead atoms. The van der Waals surface area contributed by atoms with Crippen LogP contribution in [0.2, 0.25) is 0 Å². The second-order valence-corrected chi connectivity index (χ2v) is 4.92. The van der Waals surface area contributed by atoms with Gasteiger partial charge in [0.2, 0.25) is 0 Å². The number of hydrogen-bond donors (Lipinski definition) is 1. The molecule has 0 saturated heterocycles. The van der Waals surface area contributed by atoms with E-state index in [1.54, 1.807) is 27.7 Å². The van der Waals surface area contributed by atoms with Gasteiger partial charge in [-0.2, -0.15) is 0 Å². The molecule has 0 fully saturated rings. The molecule has 0 radical (unpaired) electrons. The number of aromatic nitrogens is 2. The van der Waals surface area contributed by atoms with E-state index in [1.807, 2.05) is 0 Å². The van der Waals surface area contributed by atoms with E-state index < -0.39 is 11.1 Å². The van der Waals surface area contributed by atoms with E-state index >= 15 is 0 Å². The summed E-state index contributed by atoms with van der Waals surface area (Å²) >= 11 is 0. The SMILES string of the molecule is CC1(C)/C(=N\O)c2nonc2C(C)(C)N1N=O. The highest BCUT2D eigenvalue weighted by atomic mass is 16.6. The van der Waals surface area contributed by atoms with Crippen LogP contribution in [0, 0.1) is 4.91 Å². The first-order valence-electron chi connectivity index (χ1n) is 5.07. The van der Waals surface area contributed by atoms with Crippen molar-refractivity contribution in [2.75, 3.05) is 0 Å². The van der Waals surface area contributed by atoms with Gasteiger partial charge >= 0.3 is 0 Å². The molecule has 1 aromatic rings. The fraction of sp³-hybridized carbons (Fsp3) is 0.667. The molecule has 0 saturated carbocycles. The predicted molar refractivity (Wildman–Crippen MR) is 57.4 cm³/mol. The Labute approximate surface area is 97.2 Å². The summed E-state index contributed by atoms with van der Waals surface area (Å²) in [4.78, 5) is 11.0. The van der Waals surface area contributed by atoms with Gasteiger partial charge in [0.25, 0.3) is 0 Å². The van der Waals surface area contributed by atoms with Crippen LogP contribution in [0.25, 0.3) is 0 Å². The van der Waals surface area contributed by atoms with Gasteiger partial charge in [-0.1, -0.05) is 10.3 Å². The highest BCUT2D eigenvalue weighted by Crippen LogP contribution is 2.41. The van der Waals surface area contributed by atoms with Crippen molar-refractivity contribution >= 4 is 5.71 Å². The van der Waals surface area contributed by atoms with Gasteiger partial charge in [-0.05, 0) is 32.9 Å². The summed E-state index contributed by atoms with van der Waals surface area (Å²) in [6.07, 6.45) is 0. The van der Waals surface area contributed by atoms with Crippen LogP contribution in [-0.4, -0.2) is 31.8 Å². The van der Waals surface area contributed by atoms with Gasteiger partial charge < -0.3 is 5.21 Å². The Morgan fingerprint density at radius 1 is 1.24 bits per heavy atom. The van der Waals surface area contributed by atoms with Crippen molar-refractivity contribution in [3.8, 4) is 0 Å². The molecule has 17 heavy (non-hydrogen) atoms. The molecule has 0 aliphatic carbocycles. The van der Waals surface area contributed by atoms with Crippen LogP contribution in [0.4, 0.5) is 0 Å². The number of nitrogens with zero attached hydrogens (tertiary/aromatic N) is 5. The monoisotopic (exact) mass is 239 g/mol. The summed E-state index contributed by atoms with van der Waals surface area (Å²) in [5, 5.41) is 24.0. The van der Waals surface area contributed by atoms with Crippen LogP contribution in [0.15, 0.2) is 15.1 Å². The van der Waals surface area contributed by atoms with Gasteiger partial charge in [0.1, 0.15) is 22.5 Å². The lowest BCUT2D eigenvalue weighted by Gasteiger charge is -2.46. The first-order valence-corrected chi connectivity index (χ1v) is 5.07. The summed E-state index contributed by atoms with van der Waals surface area (Å²) in [6.45, 7) is 6.96. The van der Waals surface area contributed by atoms with E-state index in [2.05, 4.69) is 25.4 Å². The Morgan fingerprint density at radius 2 is 1.88 bits per heavy atom. The molecule has 8 nitrogen and oxygen atoms in total. The van der Waals surface area contributed by atoms with Crippen LogP contribution in [0.5, 0.6) is 0 Å². The van der Waals surface area contributed by atoms with Gasteiger partial charge in [-0.3, -0.25) is 0 Å². The maximum Gasteiger partial charge on any atom is 0.160 e. The number of fused-ring (bicyclic) bond motifs is 1. The number of oxime groups is 1. The van der Waals surface area contributed by atoms with Gasteiger partial charge in [-0.15, -0.1) is 4.91 Å². The van der Waals surface area contributed by atoms with E-state index in [-0.39, 0.29) is 5.71 Å². The third-order valence-electron chi connectivity index (χ3n) is 3.11. The van der Waals surface area contributed by atoms with E-state index in [4.69, 9.17) is 5.21 Å². The minimum atomic E-state index is -0.897. The third-order valence-corrected chi connectivity index (χ3v) is 3.11. The standard InChI is InChI=1S/C9H13N5O3/c1-8(2)6(10-15)5-7(12-17-11-5)9(3,4)14(8)13-16/h15H,1-4H3/b10-6-. The molecule has 0 atom stereocenters. The molecule has 1 aliphatic rings. The van der Waals surface area contributed by atoms with Crippen LogP contribution in [-0.2, 0) is 5.54 Å². The number of hydrogen-bond acceptors (Lipinski definition) is 7. The molecule has 0 aromatic carbocycles. The van der Waals surface area contributed by atoms with Crippen LogP contribution in [0.3, 0.4) is 0 Å². The highest BCUT2D eigenvalue weighted by Gasteiger charge is 2.53. The van der Waals surface area contributed by atoms with Crippen molar-refractivity contribution in [1.82, 2.24) is 15.3 Å². The Balaban J connectivity index is 2.76. The average Bonchev–Trinajstić information content (AvgIpc) is 2.66. The minimum Gasteiger partial charge on any atom is -0.411 e. The molecule has 92 valence electrons. The summed E-state index contributed by atoms with van der Waals surface area (Å²) in [6, 6.07) is 0. The van der Waals surface area contributed by atoms with Crippen molar-refractivity contribution in [3.05, 3.63) is 16.3 Å². The fourth-order valence-electron chi connectivity index (χ4n) is 2.31. The Hall–Kier alpha value is -1.99. The zero-order valence-corrected chi connectivity index (χ0v) is 10.00. The van der Waals surface area contributed by atoms with Gasteiger partial charge in [0, 0.05) is 0 Å². The third kappa shape index (κ3) is 1.26. The molecule has 0 amide bonds. The first kappa shape index (κ1) is 11.5. The molecule has 0 unspecified atom stereocenters. The molecule has 1 N–H and O–H groups in total. The van der Waals surface area contributed by atoms with E-state index in [9.17, 15) is 4.91 Å². The van der Waals surface area contributed by atoms with Gasteiger partial charge in [-0.25, -0.2) is 9.64 Å². The Morgan fingerprint density at radius 3 is 2.41 bits per heavy atom. The van der Waals surface area contributed by atoms with Gasteiger partial charge in [0.15, 0.2) is 5.69 Å². The molecule has 1 aromatic heterocycles. The van der Waals surface area contributed by atoms with Gasteiger partial charge in [0.05, 0.1) is 5.29 Å². The Bertz CT molecular complexity index is 491. The lowest BCUT2D eigenvalue weighted by atomic mass is 9.81. The average molecular weight is 239 g/mol. The van der Waals surface area contributed by atoms with Crippen molar-refractivity contribution in [3.63, 3.8) is 0 Å². The van der Waals surface area contributed by atoms with Crippen LogP contribution >= 0.6 is 0 Å². The van der Waals surface area contributed by atoms with Crippen molar-refractivity contribution in [1.29, 1.82) is 0 Å². The number of nitroso groups, excluding NO2 is 1. The van der Waals surface area contributed by atoms with Crippen molar-refractivity contribution in [2.45, 2.75) is 38.8 Å². The Kier molecular flexibility index (Phi) is 2.20. The quantitative estimate of drug-likeness (QED) is 0.449. The topological polar surface area (TPSA) is 104 Å². The predicted octanol–water partition coefficient (Wildman–Crippen LogP) is 1.26. The second-order valence-electron chi connectivity index (χ2n) is 4.92. The highest BCUT2D eigenvalue weighted by molar-refractivity contribution is 6.07. The summed E-state index contributed by atoms with van der Waals surface area (Å²) < 4.78 is 4.66. The molecule has 0 spiro atoms. The maximum atomic E-state index is 11.0. The largest absolute Gasteiger partial charge is 0.411 e. The zero-order valence-electron chi connectivity index (χ0n) is 10.00. The molecule has 2 heterocycles. The van der Waals surface area contributed by atoms with Crippen LogP contribution in [0.1, 0.15) is 39.1 Å². The molecular weight excluding hydrogens is 226 g/mol. The smallest absolute Gasteiger partial charge is 0.160 e. The normalized spacial score (nSPS) is 23.5. The first-order chi connectivity index (χ1) is 7.87. The summed E-state index contributed by atoms with van der Waals surface area (Å²) in [5.74, 6) is 0. The second kappa shape index (κ2) is 3.25. The lowest BCUT2D eigenvalue weighted by Crippen LogP contribution is -2.59. The molecular formula is C9H13N5O3. The van der Waals surface area contributed by atoms with Crippen molar-refractivity contribution < 1.29 is 9.84 Å². The summed E-state index contributed by atoms with van der Waals surface area (Å²) in [5.41, 5.74) is -0.709. The summed E-state index contributed by atoms with van der Waals surface area (Å²) in [7, 11) is 0. The lowest BCUT2D eigenvalue weighted by molar-refractivity contribution is 0.0397. The van der Waals surface area contributed by atoms with E-state index in [1.165, 1.54) is 5.01 Å².